The van der Waals surface area contributed by atoms with E-state index in [1.807, 2.05) is 24.3 Å². The first-order valence-corrected chi connectivity index (χ1v) is 11.5. The lowest BCUT2D eigenvalue weighted by Gasteiger charge is -2.44. The molecule has 27 heavy (non-hydrogen) atoms. The van der Waals surface area contributed by atoms with Crippen molar-refractivity contribution in [2.24, 2.45) is 17.6 Å². The van der Waals surface area contributed by atoms with Crippen LogP contribution in [0.4, 0.5) is 0 Å². The molecule has 1 saturated heterocycles. The van der Waals surface area contributed by atoms with E-state index < -0.39 is 9.84 Å². The monoisotopic (exact) mass is 394 g/mol. The van der Waals surface area contributed by atoms with Crippen LogP contribution in [0.3, 0.4) is 0 Å². The van der Waals surface area contributed by atoms with E-state index >= 15 is 0 Å². The van der Waals surface area contributed by atoms with E-state index in [2.05, 4.69) is 19.2 Å². The van der Waals surface area contributed by atoms with Gasteiger partial charge in [-0.3, -0.25) is 4.79 Å². The minimum atomic E-state index is -3.03. The first kappa shape index (κ1) is 20.1. The summed E-state index contributed by atoms with van der Waals surface area (Å²) in [5, 5.41) is 3.05. The Morgan fingerprint density at radius 2 is 1.78 bits per heavy atom. The number of sulfone groups is 1. The van der Waals surface area contributed by atoms with Gasteiger partial charge in [-0.25, -0.2) is 8.42 Å². The highest BCUT2D eigenvalue weighted by molar-refractivity contribution is 7.91. The van der Waals surface area contributed by atoms with Crippen LogP contribution in [0.5, 0.6) is 5.75 Å². The van der Waals surface area contributed by atoms with Crippen LogP contribution in [0.25, 0.3) is 0 Å². The Bertz CT molecular complexity index is 739. The molecule has 1 aromatic carbocycles. The second-order valence-electron chi connectivity index (χ2n) is 8.24. The minimum absolute atomic E-state index is 0.0285. The lowest BCUT2D eigenvalue weighted by molar-refractivity contribution is -0.123. The van der Waals surface area contributed by atoms with Crippen LogP contribution < -0.4 is 15.8 Å². The number of hydrogen-bond acceptors (Lipinski definition) is 5. The van der Waals surface area contributed by atoms with Gasteiger partial charge >= 0.3 is 0 Å². The molecule has 1 aliphatic carbocycles. The summed E-state index contributed by atoms with van der Waals surface area (Å²) >= 11 is 0. The molecular formula is C20H30N2O4S. The van der Waals surface area contributed by atoms with Gasteiger partial charge in [-0.2, -0.15) is 0 Å². The molecule has 1 amide bonds. The fourth-order valence-electron chi connectivity index (χ4n) is 4.32. The smallest absolute Gasteiger partial charge is 0.223 e. The highest BCUT2D eigenvalue weighted by atomic mass is 32.2. The molecule has 150 valence electrons. The van der Waals surface area contributed by atoms with Crippen LogP contribution in [-0.2, 0) is 14.6 Å². The molecular weight excluding hydrogens is 364 g/mol. The highest BCUT2D eigenvalue weighted by Crippen LogP contribution is 2.35. The maximum atomic E-state index is 12.3. The number of rotatable bonds is 6. The third kappa shape index (κ3) is 5.23. The molecule has 0 radical (unpaired) electrons. The van der Waals surface area contributed by atoms with Gasteiger partial charge in [0.25, 0.3) is 0 Å². The number of hydrogen-bond donors (Lipinski definition) is 2. The van der Waals surface area contributed by atoms with Crippen molar-refractivity contribution in [2.75, 3.05) is 18.1 Å². The molecule has 0 aromatic heterocycles. The third-order valence-electron chi connectivity index (χ3n) is 5.64. The maximum Gasteiger partial charge on any atom is 0.223 e. The lowest BCUT2D eigenvalue weighted by atomic mass is 9.75. The Morgan fingerprint density at radius 1 is 1.19 bits per heavy atom. The van der Waals surface area contributed by atoms with Gasteiger partial charge in [0, 0.05) is 12.1 Å². The largest absolute Gasteiger partial charge is 0.493 e. The summed E-state index contributed by atoms with van der Waals surface area (Å²) in [7, 11) is -3.03. The lowest BCUT2D eigenvalue weighted by Crippen LogP contribution is -2.58. The molecule has 1 aliphatic heterocycles. The van der Waals surface area contributed by atoms with Crippen molar-refractivity contribution in [3.05, 3.63) is 29.8 Å². The third-order valence-corrected chi connectivity index (χ3v) is 7.51. The molecule has 7 heteroatoms. The number of benzene rings is 1. The first-order chi connectivity index (χ1) is 12.7. The van der Waals surface area contributed by atoms with Gasteiger partial charge < -0.3 is 15.8 Å². The average molecular weight is 395 g/mol. The molecule has 1 aromatic rings. The molecule has 1 saturated carbocycles. The summed E-state index contributed by atoms with van der Waals surface area (Å²) in [5.74, 6) is 1.22. The number of nitrogens with two attached hydrogens (primary N) is 1. The number of carbonyl (C=O) groups is 1. The average Bonchev–Trinajstić information content (AvgIpc) is 2.56. The van der Waals surface area contributed by atoms with E-state index in [1.165, 1.54) is 5.56 Å². The second-order valence-corrected chi connectivity index (χ2v) is 10.4. The summed E-state index contributed by atoms with van der Waals surface area (Å²) in [4.78, 5) is 12.3. The topological polar surface area (TPSA) is 98.5 Å². The Kier molecular flexibility index (Phi) is 6.11. The number of nitrogens with one attached hydrogen (secondary N) is 1. The van der Waals surface area contributed by atoms with E-state index in [4.69, 9.17) is 10.5 Å². The first-order valence-electron chi connectivity index (χ1n) is 9.71. The van der Waals surface area contributed by atoms with Crippen LogP contribution in [0.1, 0.15) is 44.6 Å². The maximum absolute atomic E-state index is 12.3. The zero-order valence-corrected chi connectivity index (χ0v) is 16.9. The van der Waals surface area contributed by atoms with E-state index in [0.717, 1.165) is 5.75 Å². The Balaban J connectivity index is 1.49. The van der Waals surface area contributed by atoms with Crippen molar-refractivity contribution in [3.8, 4) is 5.75 Å². The molecule has 2 atom stereocenters. The van der Waals surface area contributed by atoms with Crippen molar-refractivity contribution in [1.82, 2.24) is 5.32 Å². The Labute approximate surface area is 161 Å². The van der Waals surface area contributed by atoms with Crippen molar-refractivity contribution >= 4 is 15.7 Å². The van der Waals surface area contributed by atoms with Crippen molar-refractivity contribution in [2.45, 2.75) is 51.1 Å². The summed E-state index contributed by atoms with van der Waals surface area (Å²) in [6, 6.07) is 7.85. The second kappa shape index (κ2) is 8.19. The molecule has 2 unspecified atom stereocenters. The summed E-state index contributed by atoms with van der Waals surface area (Å²) in [5.41, 5.74) is 7.30. The summed E-state index contributed by atoms with van der Waals surface area (Å²) in [6.07, 6.45) is 1.55. The van der Waals surface area contributed by atoms with Crippen LogP contribution in [-0.4, -0.2) is 44.5 Å². The van der Waals surface area contributed by atoms with E-state index in [-0.39, 0.29) is 47.8 Å². The van der Waals surface area contributed by atoms with Gasteiger partial charge in [0.2, 0.25) is 5.91 Å². The van der Waals surface area contributed by atoms with Crippen LogP contribution >= 0.6 is 0 Å². The summed E-state index contributed by atoms with van der Waals surface area (Å²) < 4.78 is 29.7. The molecule has 1 heterocycles. The quantitative estimate of drug-likeness (QED) is 0.767. The van der Waals surface area contributed by atoms with Gasteiger partial charge in [-0.1, -0.05) is 26.0 Å². The number of amides is 1. The van der Waals surface area contributed by atoms with Crippen molar-refractivity contribution in [1.29, 1.82) is 0 Å². The molecule has 3 N–H and O–H groups in total. The van der Waals surface area contributed by atoms with E-state index in [9.17, 15) is 13.2 Å². The summed E-state index contributed by atoms with van der Waals surface area (Å²) in [6.45, 7) is 4.57. The zero-order valence-electron chi connectivity index (χ0n) is 16.1. The zero-order chi connectivity index (χ0) is 19.6. The SMILES string of the molecule is CC(C)c1ccc(OCCC(=O)NC2C3CC(N)CC2CS(=O)(=O)C3)cc1. The molecule has 2 bridgehead atoms. The standard InChI is InChI=1S/C20H30N2O4S/c1-13(2)14-3-5-18(6-4-14)26-8-7-19(23)22-20-15-9-17(21)10-16(20)12-27(24,25)11-15/h3-6,13,15-17,20H,7-12,21H2,1-2H3,(H,22,23). The molecule has 3 rings (SSSR count). The van der Waals surface area contributed by atoms with Gasteiger partial charge in [0.15, 0.2) is 9.84 Å². The minimum Gasteiger partial charge on any atom is -0.493 e. The van der Waals surface area contributed by atoms with Crippen LogP contribution in [0.2, 0.25) is 0 Å². The van der Waals surface area contributed by atoms with Crippen LogP contribution in [0, 0.1) is 11.8 Å². The van der Waals surface area contributed by atoms with Crippen molar-refractivity contribution < 1.29 is 17.9 Å². The highest BCUT2D eigenvalue weighted by Gasteiger charge is 2.45. The van der Waals surface area contributed by atoms with Gasteiger partial charge in [-0.05, 0) is 48.3 Å². The number of ether oxygens (including phenoxy) is 1. The number of carbonyl (C=O) groups excluding carboxylic acids is 1. The molecule has 2 fully saturated rings. The Morgan fingerprint density at radius 3 is 2.33 bits per heavy atom. The van der Waals surface area contributed by atoms with Crippen molar-refractivity contribution in [3.63, 3.8) is 0 Å². The van der Waals surface area contributed by atoms with Gasteiger partial charge in [-0.15, -0.1) is 0 Å². The molecule has 6 nitrogen and oxygen atoms in total. The van der Waals surface area contributed by atoms with Gasteiger partial charge in [0.05, 0.1) is 24.5 Å². The fourth-order valence-corrected chi connectivity index (χ4v) is 6.45. The molecule has 0 spiro atoms. The van der Waals surface area contributed by atoms with E-state index in [0.29, 0.717) is 25.4 Å². The normalized spacial score (nSPS) is 29.3. The number of fused-ring (bicyclic) bond motifs is 2. The van der Waals surface area contributed by atoms with E-state index in [1.54, 1.807) is 0 Å². The molecule has 2 aliphatic rings. The fraction of sp³-hybridized carbons (Fsp3) is 0.650. The predicted molar refractivity (Wildman–Crippen MR) is 105 cm³/mol. The van der Waals surface area contributed by atoms with Gasteiger partial charge in [0.1, 0.15) is 5.75 Å². The predicted octanol–water partition coefficient (Wildman–Crippen LogP) is 1.85. The van der Waals surface area contributed by atoms with Crippen LogP contribution in [0.15, 0.2) is 24.3 Å². The Hall–Kier alpha value is -1.60.